The Morgan fingerprint density at radius 1 is 1.69 bits per heavy atom. The Labute approximate surface area is 105 Å². The van der Waals surface area contributed by atoms with Crippen LogP contribution in [-0.4, -0.2) is 23.5 Å². The van der Waals surface area contributed by atoms with Crippen LogP contribution in [0.15, 0.2) is 17.5 Å². The number of rotatable bonds is 7. The first-order valence-electron chi connectivity index (χ1n) is 5.34. The third-order valence-corrected chi connectivity index (χ3v) is 4.14. The monoisotopic (exact) mass is 258 g/mol. The quantitative estimate of drug-likeness (QED) is 0.784. The molecule has 0 spiro atoms. The minimum Gasteiger partial charge on any atom is -0.350 e. The Bertz CT molecular complexity index is 301. The number of amides is 1. The number of hydrogen-bond donors (Lipinski definition) is 2. The normalized spacial score (nSPS) is 12.4. The fraction of sp³-hybridized carbons (Fsp3) is 0.545. The molecule has 0 saturated carbocycles. The van der Waals surface area contributed by atoms with Crippen molar-refractivity contribution in [1.82, 2.24) is 5.32 Å². The van der Waals surface area contributed by atoms with Gasteiger partial charge in [-0.15, -0.1) is 11.3 Å². The van der Waals surface area contributed by atoms with Crippen LogP contribution in [0.4, 0.5) is 0 Å². The lowest BCUT2D eigenvalue weighted by Crippen LogP contribution is -2.26. The van der Waals surface area contributed by atoms with E-state index in [9.17, 15) is 4.79 Å². The minimum absolute atomic E-state index is 0.0849. The molecule has 1 atom stereocenters. The lowest BCUT2D eigenvalue weighted by atomic mass is 10.3. The molecule has 0 aliphatic heterocycles. The number of carbonyl (C=O) groups excluding carboxylic acids is 1. The number of carbonyl (C=O) groups is 1. The summed E-state index contributed by atoms with van der Waals surface area (Å²) >= 11 is 3.25. The molecule has 5 heteroatoms. The second-order valence-corrected chi connectivity index (χ2v) is 5.60. The van der Waals surface area contributed by atoms with Gasteiger partial charge in [0.1, 0.15) is 0 Å². The van der Waals surface area contributed by atoms with E-state index >= 15 is 0 Å². The SMILES string of the molecule is CCC(N)CSCC(=O)NCc1cccs1. The Kier molecular flexibility index (Phi) is 6.52. The average molecular weight is 258 g/mol. The summed E-state index contributed by atoms with van der Waals surface area (Å²) in [6, 6.07) is 4.21. The van der Waals surface area contributed by atoms with Crippen LogP contribution < -0.4 is 11.1 Å². The second-order valence-electron chi connectivity index (χ2n) is 3.54. The molecule has 0 bridgehead atoms. The van der Waals surface area contributed by atoms with Gasteiger partial charge in [0.15, 0.2) is 0 Å². The number of nitrogens with one attached hydrogen (secondary N) is 1. The van der Waals surface area contributed by atoms with Gasteiger partial charge in [0.25, 0.3) is 0 Å². The van der Waals surface area contributed by atoms with Gasteiger partial charge in [-0.25, -0.2) is 0 Å². The third kappa shape index (κ3) is 5.53. The molecule has 16 heavy (non-hydrogen) atoms. The van der Waals surface area contributed by atoms with Gasteiger partial charge >= 0.3 is 0 Å². The van der Waals surface area contributed by atoms with Crippen molar-refractivity contribution in [1.29, 1.82) is 0 Å². The van der Waals surface area contributed by atoms with E-state index in [0.717, 1.165) is 12.2 Å². The lowest BCUT2D eigenvalue weighted by Gasteiger charge is -2.07. The van der Waals surface area contributed by atoms with Crippen LogP contribution in [0.25, 0.3) is 0 Å². The molecule has 0 fully saturated rings. The molecule has 0 aliphatic rings. The predicted molar refractivity (Wildman–Crippen MR) is 71.8 cm³/mol. The van der Waals surface area contributed by atoms with E-state index in [-0.39, 0.29) is 11.9 Å². The van der Waals surface area contributed by atoms with E-state index in [0.29, 0.717) is 12.3 Å². The van der Waals surface area contributed by atoms with Crippen molar-refractivity contribution >= 4 is 29.0 Å². The Hall–Kier alpha value is -0.520. The molecule has 3 nitrogen and oxygen atoms in total. The highest BCUT2D eigenvalue weighted by atomic mass is 32.2. The van der Waals surface area contributed by atoms with Crippen LogP contribution in [0.1, 0.15) is 18.2 Å². The number of thioether (sulfide) groups is 1. The van der Waals surface area contributed by atoms with Gasteiger partial charge in [0, 0.05) is 16.7 Å². The Balaban J connectivity index is 2.07. The van der Waals surface area contributed by atoms with Crippen LogP contribution >= 0.6 is 23.1 Å². The molecule has 3 N–H and O–H groups in total. The number of hydrogen-bond acceptors (Lipinski definition) is 4. The topological polar surface area (TPSA) is 55.1 Å². The summed E-state index contributed by atoms with van der Waals surface area (Å²) in [5.74, 6) is 1.43. The summed E-state index contributed by atoms with van der Waals surface area (Å²) in [6.45, 7) is 2.69. The summed E-state index contributed by atoms with van der Waals surface area (Å²) in [4.78, 5) is 12.6. The highest BCUT2D eigenvalue weighted by Crippen LogP contribution is 2.08. The lowest BCUT2D eigenvalue weighted by molar-refractivity contribution is -0.118. The van der Waals surface area contributed by atoms with Crippen molar-refractivity contribution in [2.24, 2.45) is 5.73 Å². The van der Waals surface area contributed by atoms with Crippen molar-refractivity contribution in [3.05, 3.63) is 22.4 Å². The van der Waals surface area contributed by atoms with Crippen molar-refractivity contribution in [2.45, 2.75) is 25.9 Å². The molecular formula is C11H18N2OS2. The molecule has 90 valence electrons. The van der Waals surface area contributed by atoms with Crippen molar-refractivity contribution in [3.8, 4) is 0 Å². The van der Waals surface area contributed by atoms with Gasteiger partial charge in [-0.05, 0) is 17.9 Å². The zero-order valence-corrected chi connectivity index (χ0v) is 11.1. The van der Waals surface area contributed by atoms with Gasteiger partial charge in [0.05, 0.1) is 12.3 Å². The zero-order valence-electron chi connectivity index (χ0n) is 9.44. The molecule has 1 aromatic rings. The molecule has 0 aliphatic carbocycles. The van der Waals surface area contributed by atoms with E-state index in [4.69, 9.17) is 5.73 Å². The second kappa shape index (κ2) is 7.70. The predicted octanol–water partition coefficient (Wildman–Crippen LogP) is 1.83. The molecule has 0 saturated heterocycles. The van der Waals surface area contributed by atoms with Crippen LogP contribution in [-0.2, 0) is 11.3 Å². The van der Waals surface area contributed by atoms with E-state index in [1.165, 1.54) is 4.88 Å². The van der Waals surface area contributed by atoms with Crippen molar-refractivity contribution in [2.75, 3.05) is 11.5 Å². The van der Waals surface area contributed by atoms with Crippen molar-refractivity contribution in [3.63, 3.8) is 0 Å². The summed E-state index contributed by atoms with van der Waals surface area (Å²) < 4.78 is 0. The molecular weight excluding hydrogens is 240 g/mol. The number of thiophene rings is 1. The third-order valence-electron chi connectivity index (χ3n) is 2.13. The van der Waals surface area contributed by atoms with Gasteiger partial charge in [0.2, 0.25) is 5.91 Å². The first-order valence-corrected chi connectivity index (χ1v) is 7.38. The van der Waals surface area contributed by atoms with Gasteiger partial charge in [-0.2, -0.15) is 11.8 Å². The summed E-state index contributed by atoms with van der Waals surface area (Å²) in [6.07, 6.45) is 0.962. The maximum absolute atomic E-state index is 11.4. The smallest absolute Gasteiger partial charge is 0.230 e. The fourth-order valence-corrected chi connectivity index (χ4v) is 2.66. The average Bonchev–Trinajstić information content (AvgIpc) is 2.79. The van der Waals surface area contributed by atoms with Crippen molar-refractivity contribution < 1.29 is 4.79 Å². The van der Waals surface area contributed by atoms with Gasteiger partial charge < -0.3 is 11.1 Å². The van der Waals surface area contributed by atoms with E-state index in [1.807, 2.05) is 17.5 Å². The highest BCUT2D eigenvalue weighted by molar-refractivity contribution is 7.99. The molecule has 0 aromatic carbocycles. The van der Waals surface area contributed by atoms with E-state index in [2.05, 4.69) is 12.2 Å². The van der Waals surface area contributed by atoms with Crippen LogP contribution in [0.5, 0.6) is 0 Å². The molecule has 1 unspecified atom stereocenters. The van der Waals surface area contributed by atoms with E-state index < -0.39 is 0 Å². The fourth-order valence-electron chi connectivity index (χ4n) is 1.07. The number of nitrogens with two attached hydrogens (primary N) is 1. The van der Waals surface area contributed by atoms with Crippen LogP contribution in [0.3, 0.4) is 0 Å². The largest absolute Gasteiger partial charge is 0.350 e. The Morgan fingerprint density at radius 3 is 3.12 bits per heavy atom. The van der Waals surface area contributed by atoms with Gasteiger partial charge in [-0.3, -0.25) is 4.79 Å². The van der Waals surface area contributed by atoms with Crippen LogP contribution in [0.2, 0.25) is 0 Å². The summed E-state index contributed by atoms with van der Waals surface area (Å²) in [7, 11) is 0. The molecule has 1 heterocycles. The van der Waals surface area contributed by atoms with E-state index in [1.54, 1.807) is 23.1 Å². The molecule has 1 rings (SSSR count). The molecule has 1 amide bonds. The molecule has 1 aromatic heterocycles. The first-order chi connectivity index (χ1) is 7.72. The molecule has 0 radical (unpaired) electrons. The summed E-state index contributed by atoms with van der Waals surface area (Å²) in [5.41, 5.74) is 5.76. The Morgan fingerprint density at radius 2 is 2.50 bits per heavy atom. The summed E-state index contributed by atoms with van der Waals surface area (Å²) in [5, 5.41) is 4.90. The highest BCUT2D eigenvalue weighted by Gasteiger charge is 2.04. The van der Waals surface area contributed by atoms with Gasteiger partial charge in [-0.1, -0.05) is 13.0 Å². The first kappa shape index (κ1) is 13.5. The standard InChI is InChI=1S/C11H18N2OS2/c1-2-9(12)7-15-8-11(14)13-6-10-4-3-5-16-10/h3-5,9H,2,6-8,12H2,1H3,(H,13,14). The van der Waals surface area contributed by atoms with Crippen LogP contribution in [0, 0.1) is 0 Å². The maximum Gasteiger partial charge on any atom is 0.230 e. The minimum atomic E-state index is 0.0849. The maximum atomic E-state index is 11.4. The zero-order chi connectivity index (χ0) is 11.8.